The molecule has 2 aliphatic rings. The van der Waals surface area contributed by atoms with Gasteiger partial charge in [0.25, 0.3) is 5.91 Å². The van der Waals surface area contributed by atoms with Crippen molar-refractivity contribution >= 4 is 22.8 Å². The topological polar surface area (TPSA) is 59.5 Å². The Morgan fingerprint density at radius 1 is 0.871 bits per heavy atom. The molecule has 0 bridgehead atoms. The van der Waals surface area contributed by atoms with Crippen molar-refractivity contribution in [1.29, 1.82) is 0 Å². The summed E-state index contributed by atoms with van der Waals surface area (Å²) in [6, 6.07) is 17.1. The number of hydrogen-bond donors (Lipinski definition) is 0. The normalized spacial score (nSPS) is 16.7. The maximum Gasteiger partial charge on any atom is 0.340 e. The molecule has 1 aliphatic heterocycles. The molecule has 3 aromatic rings. The highest BCUT2D eigenvalue weighted by atomic mass is 16.5. The lowest BCUT2D eigenvalue weighted by molar-refractivity contribution is -0.140. The molecular weight excluding hydrogens is 388 g/mol. The molecule has 1 saturated heterocycles. The van der Waals surface area contributed by atoms with Crippen LogP contribution >= 0.6 is 0 Å². The summed E-state index contributed by atoms with van der Waals surface area (Å²) in [6.45, 7) is 1.43. The van der Waals surface area contributed by atoms with Crippen LogP contribution in [0.1, 0.15) is 59.0 Å². The van der Waals surface area contributed by atoms with Crippen LogP contribution in [0.2, 0.25) is 0 Å². The second kappa shape index (κ2) is 8.50. The van der Waals surface area contributed by atoms with Gasteiger partial charge in [0.2, 0.25) is 6.10 Å². The first-order chi connectivity index (χ1) is 15.2. The Labute approximate surface area is 182 Å². The molecule has 1 atom stereocenters. The summed E-state index contributed by atoms with van der Waals surface area (Å²) in [5.74, 6) is -0.567. The van der Waals surface area contributed by atoms with Gasteiger partial charge in [-0.25, -0.2) is 4.79 Å². The average Bonchev–Trinajstić information content (AvgIpc) is 3.36. The molecule has 158 valence electrons. The van der Waals surface area contributed by atoms with Gasteiger partial charge in [-0.2, -0.15) is 0 Å². The van der Waals surface area contributed by atoms with Crippen molar-refractivity contribution in [2.75, 3.05) is 13.1 Å². The number of fused-ring (bicyclic) bond motifs is 2. The monoisotopic (exact) mass is 414 g/mol. The maximum atomic E-state index is 13.6. The highest BCUT2D eigenvalue weighted by Crippen LogP contribution is 2.32. The van der Waals surface area contributed by atoms with Gasteiger partial charge in [-0.05, 0) is 50.2 Å². The predicted molar refractivity (Wildman–Crippen MR) is 119 cm³/mol. The molecule has 1 aliphatic carbocycles. The van der Waals surface area contributed by atoms with Gasteiger partial charge in [0.05, 0.1) is 11.1 Å². The molecule has 0 radical (unpaired) electrons. The van der Waals surface area contributed by atoms with Gasteiger partial charge >= 0.3 is 5.97 Å². The van der Waals surface area contributed by atoms with Crippen LogP contribution in [-0.2, 0) is 22.4 Å². The molecule has 2 aromatic carbocycles. The average molecular weight is 415 g/mol. The summed E-state index contributed by atoms with van der Waals surface area (Å²) in [5, 5.41) is 0.800. The highest BCUT2D eigenvalue weighted by molar-refractivity contribution is 6.06. The fourth-order valence-electron chi connectivity index (χ4n) is 4.76. The molecule has 5 nitrogen and oxygen atoms in total. The Hall–Kier alpha value is -3.21. The summed E-state index contributed by atoms with van der Waals surface area (Å²) < 4.78 is 6.01. The minimum atomic E-state index is -0.932. The molecule has 31 heavy (non-hydrogen) atoms. The number of hydrogen-bond acceptors (Lipinski definition) is 4. The summed E-state index contributed by atoms with van der Waals surface area (Å²) in [4.78, 5) is 33.5. The van der Waals surface area contributed by atoms with Crippen molar-refractivity contribution in [3.8, 4) is 0 Å². The van der Waals surface area contributed by atoms with Crippen molar-refractivity contribution in [1.82, 2.24) is 9.88 Å². The molecule has 0 saturated carbocycles. The summed E-state index contributed by atoms with van der Waals surface area (Å²) >= 11 is 0. The molecule has 0 spiro atoms. The van der Waals surface area contributed by atoms with Crippen molar-refractivity contribution in [3.05, 3.63) is 77.0 Å². The van der Waals surface area contributed by atoms with Gasteiger partial charge in [0, 0.05) is 29.7 Å². The first-order valence-electron chi connectivity index (χ1n) is 11.2. The fourth-order valence-corrected chi connectivity index (χ4v) is 4.76. The zero-order chi connectivity index (χ0) is 21.2. The number of carbonyl (C=O) groups excluding carboxylic acids is 2. The van der Waals surface area contributed by atoms with Crippen molar-refractivity contribution in [2.45, 2.75) is 44.6 Å². The van der Waals surface area contributed by atoms with E-state index < -0.39 is 12.1 Å². The summed E-state index contributed by atoms with van der Waals surface area (Å²) in [5.41, 5.74) is 4.06. The number of para-hydroxylation sites is 1. The molecule has 0 unspecified atom stereocenters. The third-order valence-corrected chi connectivity index (χ3v) is 6.34. The van der Waals surface area contributed by atoms with Gasteiger partial charge in [-0.15, -0.1) is 0 Å². The fraction of sp³-hybridized carbons (Fsp3) is 0.346. The van der Waals surface area contributed by atoms with E-state index in [2.05, 4.69) is 0 Å². The van der Waals surface area contributed by atoms with E-state index in [1.54, 1.807) is 0 Å². The van der Waals surface area contributed by atoms with Crippen LogP contribution in [0.15, 0.2) is 54.6 Å². The highest BCUT2D eigenvalue weighted by Gasteiger charge is 2.33. The van der Waals surface area contributed by atoms with Crippen LogP contribution in [-0.4, -0.2) is 34.8 Å². The van der Waals surface area contributed by atoms with Crippen molar-refractivity contribution < 1.29 is 14.3 Å². The maximum absolute atomic E-state index is 13.6. The first-order valence-corrected chi connectivity index (χ1v) is 11.2. The molecule has 1 fully saturated rings. The van der Waals surface area contributed by atoms with Gasteiger partial charge in [0.15, 0.2) is 0 Å². The zero-order valence-corrected chi connectivity index (χ0v) is 17.5. The summed E-state index contributed by atoms with van der Waals surface area (Å²) in [7, 11) is 0. The van der Waals surface area contributed by atoms with Crippen LogP contribution < -0.4 is 0 Å². The number of nitrogens with zero attached hydrogens (tertiary/aromatic N) is 2. The van der Waals surface area contributed by atoms with Gasteiger partial charge < -0.3 is 9.64 Å². The second-order valence-corrected chi connectivity index (χ2v) is 8.36. The van der Waals surface area contributed by atoms with Crippen LogP contribution in [0, 0.1) is 0 Å². The second-order valence-electron chi connectivity index (χ2n) is 8.36. The number of carbonyl (C=O) groups is 2. The smallest absolute Gasteiger partial charge is 0.340 e. The Balaban J connectivity index is 1.55. The standard InChI is InChI=1S/C26H26N2O3/c29-25(28-16-8-9-17-28)24(18-10-2-1-3-11-18)31-26(30)23-19-12-4-6-14-21(19)27-22-15-7-5-13-20(22)23/h1-4,6,10-12,14,24H,5,7-9,13,15-17H2/t24-/m1/s1. The SMILES string of the molecule is O=C(O[C@@H](C(=O)N1CCCC1)c1ccccc1)c1c2c(nc3ccccc13)CCCC2. The number of esters is 1. The molecule has 2 heterocycles. The number of amides is 1. The molecule has 1 amide bonds. The molecule has 0 N–H and O–H groups in total. The lowest BCUT2D eigenvalue weighted by atomic mass is 9.90. The molecule has 5 heteroatoms. The number of aromatic nitrogens is 1. The van der Waals surface area contributed by atoms with E-state index in [0.29, 0.717) is 24.2 Å². The zero-order valence-electron chi connectivity index (χ0n) is 17.5. The van der Waals surface area contributed by atoms with E-state index in [1.165, 1.54) is 0 Å². The summed E-state index contributed by atoms with van der Waals surface area (Å²) in [6.07, 6.45) is 4.84. The van der Waals surface area contributed by atoms with Crippen LogP contribution in [0.5, 0.6) is 0 Å². The van der Waals surface area contributed by atoms with Crippen LogP contribution in [0.4, 0.5) is 0 Å². The van der Waals surface area contributed by atoms with Gasteiger partial charge in [-0.3, -0.25) is 9.78 Å². The molecule has 5 rings (SSSR count). The van der Waals surface area contributed by atoms with Gasteiger partial charge in [-0.1, -0.05) is 48.5 Å². The first kappa shape index (κ1) is 19.7. The van der Waals surface area contributed by atoms with E-state index in [1.807, 2.05) is 59.5 Å². The third-order valence-electron chi connectivity index (χ3n) is 6.34. The number of benzene rings is 2. The number of rotatable bonds is 4. The Morgan fingerprint density at radius 3 is 2.39 bits per heavy atom. The minimum absolute atomic E-state index is 0.135. The van der Waals surface area contributed by atoms with E-state index in [0.717, 1.165) is 60.7 Å². The number of ether oxygens (including phenoxy) is 1. The quantitative estimate of drug-likeness (QED) is 0.584. The lowest BCUT2D eigenvalue weighted by Gasteiger charge is -2.25. The van der Waals surface area contributed by atoms with Crippen molar-refractivity contribution in [2.24, 2.45) is 0 Å². The predicted octanol–water partition coefficient (Wildman–Crippen LogP) is 4.63. The van der Waals surface area contributed by atoms with Crippen LogP contribution in [0.25, 0.3) is 10.9 Å². The van der Waals surface area contributed by atoms with E-state index >= 15 is 0 Å². The lowest BCUT2D eigenvalue weighted by Crippen LogP contribution is -2.35. The third kappa shape index (κ3) is 3.80. The molecule has 1 aromatic heterocycles. The van der Waals surface area contributed by atoms with Crippen molar-refractivity contribution in [3.63, 3.8) is 0 Å². The number of pyridine rings is 1. The van der Waals surface area contributed by atoms with E-state index in [9.17, 15) is 9.59 Å². The van der Waals surface area contributed by atoms with E-state index in [-0.39, 0.29) is 5.91 Å². The Bertz CT molecular complexity index is 1120. The number of aryl methyl sites for hydroxylation is 1. The van der Waals surface area contributed by atoms with E-state index in [4.69, 9.17) is 9.72 Å². The Kier molecular flexibility index (Phi) is 5.41. The van der Waals surface area contributed by atoms with Crippen LogP contribution in [0.3, 0.4) is 0 Å². The Morgan fingerprint density at radius 2 is 1.58 bits per heavy atom. The number of likely N-dealkylation sites (tertiary alicyclic amines) is 1. The minimum Gasteiger partial charge on any atom is -0.444 e. The van der Waals surface area contributed by atoms with Gasteiger partial charge in [0.1, 0.15) is 0 Å². The molecular formula is C26H26N2O3. The largest absolute Gasteiger partial charge is 0.444 e.